The van der Waals surface area contributed by atoms with Crippen LogP contribution in [0.3, 0.4) is 0 Å². The van der Waals surface area contributed by atoms with Crippen LogP contribution in [0.1, 0.15) is 0 Å². The first-order valence-corrected chi connectivity index (χ1v) is 4.74. The van der Waals surface area contributed by atoms with Crippen LogP contribution < -0.4 is 0 Å². The number of aliphatic carboxylic acids is 1. The average molecular weight is 212 g/mol. The summed E-state index contributed by atoms with van der Waals surface area (Å²) in [5.41, 5.74) is 0. The highest BCUT2D eigenvalue weighted by atomic mass is 16.4. The van der Waals surface area contributed by atoms with E-state index in [9.17, 15) is 9.59 Å². The molecule has 1 fully saturated rings. The van der Waals surface area contributed by atoms with E-state index in [0.29, 0.717) is 13.1 Å². The lowest BCUT2D eigenvalue weighted by Gasteiger charge is -2.38. The number of hydrogen-bond acceptors (Lipinski definition) is 3. The van der Waals surface area contributed by atoms with Crippen molar-refractivity contribution in [1.29, 1.82) is 0 Å². The third kappa shape index (κ3) is 1.62. The number of amides is 1. The second kappa shape index (κ2) is 3.45. The van der Waals surface area contributed by atoms with Gasteiger partial charge in [0.25, 0.3) is 0 Å². The Bertz CT molecular complexity index is 328. The van der Waals surface area contributed by atoms with Gasteiger partial charge in [0.2, 0.25) is 0 Å². The minimum atomic E-state index is -0.981. The van der Waals surface area contributed by atoms with Gasteiger partial charge >= 0.3 is 12.1 Å². The molecule has 0 saturated carbocycles. The summed E-state index contributed by atoms with van der Waals surface area (Å²) in [6.45, 7) is 1.26. The van der Waals surface area contributed by atoms with E-state index in [2.05, 4.69) is 0 Å². The number of nitrogens with zero attached hydrogens (tertiary/aromatic N) is 2. The van der Waals surface area contributed by atoms with Gasteiger partial charge in [-0.15, -0.1) is 0 Å². The second-order valence-corrected chi connectivity index (χ2v) is 3.74. The molecular formula is C9H12N2O4. The number of fused-ring (bicyclic) bond motifs is 1. The van der Waals surface area contributed by atoms with Crippen molar-refractivity contribution < 1.29 is 19.8 Å². The summed E-state index contributed by atoms with van der Waals surface area (Å²) in [5, 5.41) is 17.8. The number of carboxylic acid groups (broad SMARTS) is 2. The van der Waals surface area contributed by atoms with Crippen molar-refractivity contribution in [3.63, 3.8) is 0 Å². The molecule has 0 aromatic heterocycles. The minimum absolute atomic E-state index is 0.243. The summed E-state index contributed by atoms with van der Waals surface area (Å²) in [6, 6.07) is -0.243. The largest absolute Gasteiger partial charge is 0.481 e. The lowest BCUT2D eigenvalue weighted by molar-refractivity contribution is -0.141. The third-order valence-electron chi connectivity index (χ3n) is 2.92. The molecule has 6 nitrogen and oxygen atoms in total. The molecule has 2 aliphatic heterocycles. The van der Waals surface area contributed by atoms with Crippen LogP contribution in [0.4, 0.5) is 4.79 Å². The molecule has 2 N–H and O–H groups in total. The Labute approximate surface area is 86.4 Å². The smallest absolute Gasteiger partial charge is 0.407 e. The maximum absolute atomic E-state index is 10.9. The van der Waals surface area contributed by atoms with Gasteiger partial charge in [0.05, 0.1) is 12.0 Å². The monoisotopic (exact) mass is 212 g/mol. The quantitative estimate of drug-likeness (QED) is 0.633. The molecular weight excluding hydrogens is 200 g/mol. The fourth-order valence-corrected chi connectivity index (χ4v) is 2.08. The van der Waals surface area contributed by atoms with Crippen molar-refractivity contribution in [2.75, 3.05) is 19.6 Å². The molecule has 2 atom stereocenters. The number of piperazine rings is 1. The van der Waals surface area contributed by atoms with E-state index in [1.54, 1.807) is 12.3 Å². The molecule has 2 aliphatic rings. The van der Waals surface area contributed by atoms with E-state index in [-0.39, 0.29) is 12.6 Å². The van der Waals surface area contributed by atoms with Crippen LogP contribution in [0.2, 0.25) is 0 Å². The molecule has 2 unspecified atom stereocenters. The zero-order chi connectivity index (χ0) is 11.0. The van der Waals surface area contributed by atoms with Gasteiger partial charge in [-0.3, -0.25) is 4.79 Å². The van der Waals surface area contributed by atoms with Crippen LogP contribution in [-0.2, 0) is 4.79 Å². The van der Waals surface area contributed by atoms with Crippen molar-refractivity contribution in [3.8, 4) is 0 Å². The molecule has 2 rings (SSSR count). The summed E-state index contributed by atoms with van der Waals surface area (Å²) in [6.07, 6.45) is 2.40. The molecule has 0 radical (unpaired) electrons. The van der Waals surface area contributed by atoms with Crippen LogP contribution in [0.25, 0.3) is 0 Å². The Morgan fingerprint density at radius 1 is 1.27 bits per heavy atom. The van der Waals surface area contributed by atoms with E-state index in [4.69, 9.17) is 10.2 Å². The Morgan fingerprint density at radius 3 is 2.60 bits per heavy atom. The van der Waals surface area contributed by atoms with Crippen molar-refractivity contribution in [1.82, 2.24) is 9.80 Å². The number of hydrogen-bond donors (Lipinski definition) is 2. The first-order valence-electron chi connectivity index (χ1n) is 4.74. The molecule has 6 heteroatoms. The fraction of sp³-hybridized carbons (Fsp3) is 0.556. The van der Waals surface area contributed by atoms with Crippen LogP contribution in [0.15, 0.2) is 12.3 Å². The van der Waals surface area contributed by atoms with Gasteiger partial charge in [0.15, 0.2) is 0 Å². The zero-order valence-corrected chi connectivity index (χ0v) is 8.04. The van der Waals surface area contributed by atoms with E-state index in [1.807, 2.05) is 4.90 Å². The summed E-state index contributed by atoms with van der Waals surface area (Å²) >= 11 is 0. The molecule has 82 valence electrons. The van der Waals surface area contributed by atoms with Gasteiger partial charge in [0.1, 0.15) is 0 Å². The highest BCUT2D eigenvalue weighted by Crippen LogP contribution is 2.25. The summed E-state index contributed by atoms with van der Waals surface area (Å²) < 4.78 is 0. The summed E-state index contributed by atoms with van der Waals surface area (Å²) in [5.74, 6) is -1.49. The maximum atomic E-state index is 10.9. The summed E-state index contributed by atoms with van der Waals surface area (Å²) in [4.78, 5) is 24.8. The van der Waals surface area contributed by atoms with Crippen molar-refractivity contribution in [2.45, 2.75) is 6.04 Å². The Balaban J connectivity index is 2.10. The topological polar surface area (TPSA) is 81.1 Å². The van der Waals surface area contributed by atoms with Crippen molar-refractivity contribution >= 4 is 12.1 Å². The SMILES string of the molecule is O=C(O)C1C=CN2CCN(C(=O)O)CC12. The predicted molar refractivity (Wildman–Crippen MR) is 50.4 cm³/mol. The van der Waals surface area contributed by atoms with Crippen LogP contribution in [0, 0.1) is 5.92 Å². The molecule has 0 aromatic carbocycles. The number of rotatable bonds is 1. The van der Waals surface area contributed by atoms with Crippen LogP contribution in [0.5, 0.6) is 0 Å². The first-order chi connectivity index (χ1) is 7.09. The molecule has 15 heavy (non-hydrogen) atoms. The molecule has 0 aromatic rings. The van der Waals surface area contributed by atoms with Crippen LogP contribution in [-0.4, -0.2) is 57.8 Å². The van der Waals surface area contributed by atoms with E-state index < -0.39 is 18.0 Å². The lowest BCUT2D eigenvalue weighted by atomic mass is 10.0. The average Bonchev–Trinajstić information content (AvgIpc) is 2.59. The second-order valence-electron chi connectivity index (χ2n) is 3.74. The minimum Gasteiger partial charge on any atom is -0.481 e. The number of carbonyl (C=O) groups is 2. The molecule has 2 heterocycles. The highest BCUT2D eigenvalue weighted by Gasteiger charge is 2.39. The zero-order valence-electron chi connectivity index (χ0n) is 8.04. The third-order valence-corrected chi connectivity index (χ3v) is 2.92. The van der Waals surface area contributed by atoms with Crippen molar-refractivity contribution in [2.24, 2.45) is 5.92 Å². The highest BCUT2D eigenvalue weighted by molar-refractivity contribution is 5.74. The van der Waals surface area contributed by atoms with Crippen molar-refractivity contribution in [3.05, 3.63) is 12.3 Å². The van der Waals surface area contributed by atoms with Gasteiger partial charge in [-0.2, -0.15) is 0 Å². The van der Waals surface area contributed by atoms with Gasteiger partial charge in [-0.1, -0.05) is 6.08 Å². The predicted octanol–water partition coefficient (Wildman–Crippen LogP) is -0.121. The van der Waals surface area contributed by atoms with E-state index in [0.717, 1.165) is 0 Å². The molecule has 0 spiro atoms. The molecule has 1 amide bonds. The lowest BCUT2D eigenvalue weighted by Crippen LogP contribution is -2.53. The van der Waals surface area contributed by atoms with Gasteiger partial charge in [-0.25, -0.2) is 4.79 Å². The van der Waals surface area contributed by atoms with Gasteiger partial charge in [-0.05, 0) is 6.20 Å². The standard InChI is InChI=1S/C9H12N2O4/c12-8(13)6-1-2-10-3-4-11(9(14)15)5-7(6)10/h1-2,6-7H,3-5H2,(H,12,13)(H,14,15). The molecule has 0 bridgehead atoms. The normalized spacial score (nSPS) is 29.1. The molecule has 0 aliphatic carbocycles. The maximum Gasteiger partial charge on any atom is 0.407 e. The fourth-order valence-electron chi connectivity index (χ4n) is 2.08. The van der Waals surface area contributed by atoms with Crippen LogP contribution >= 0.6 is 0 Å². The Hall–Kier alpha value is -1.72. The van der Waals surface area contributed by atoms with Gasteiger partial charge < -0.3 is 20.0 Å². The van der Waals surface area contributed by atoms with E-state index in [1.165, 1.54) is 4.90 Å². The number of carboxylic acids is 1. The summed E-state index contributed by atoms with van der Waals surface area (Å²) in [7, 11) is 0. The van der Waals surface area contributed by atoms with E-state index >= 15 is 0 Å². The van der Waals surface area contributed by atoms with Gasteiger partial charge in [0, 0.05) is 19.6 Å². The Morgan fingerprint density at radius 2 is 2.00 bits per heavy atom. The molecule has 1 saturated heterocycles. The Kier molecular flexibility index (Phi) is 2.26. The first kappa shape index (κ1) is 9.82.